The van der Waals surface area contributed by atoms with E-state index in [1.165, 1.54) is 16.5 Å². The summed E-state index contributed by atoms with van der Waals surface area (Å²) in [6.45, 7) is 1.82. The molecule has 1 N–H and O–H groups in total. The van der Waals surface area contributed by atoms with Crippen molar-refractivity contribution in [3.8, 4) is 6.07 Å². The van der Waals surface area contributed by atoms with Gasteiger partial charge in [-0.25, -0.2) is 4.98 Å². The SMILES string of the molecule is Cc1ccc2nc(CSc3[nH]c(=O)cc(C(F)(F)F)c3C#N)cc(=O)n2c1. The summed E-state index contributed by atoms with van der Waals surface area (Å²) in [6.07, 6.45) is -3.20. The lowest BCUT2D eigenvalue weighted by atomic mass is 10.1. The highest BCUT2D eigenvalue weighted by molar-refractivity contribution is 7.98. The van der Waals surface area contributed by atoms with Gasteiger partial charge >= 0.3 is 6.18 Å². The Morgan fingerprint density at radius 3 is 2.70 bits per heavy atom. The molecule has 0 aliphatic heterocycles. The van der Waals surface area contributed by atoms with Crippen molar-refractivity contribution in [1.29, 1.82) is 5.26 Å². The minimum Gasteiger partial charge on any atom is -0.316 e. The van der Waals surface area contributed by atoms with Crippen molar-refractivity contribution in [1.82, 2.24) is 14.4 Å². The molecule has 0 aliphatic rings. The van der Waals surface area contributed by atoms with Gasteiger partial charge in [0.25, 0.3) is 5.56 Å². The second kappa shape index (κ2) is 6.92. The van der Waals surface area contributed by atoms with Gasteiger partial charge in [0.05, 0.1) is 21.8 Å². The number of halogens is 3. The molecule has 0 saturated carbocycles. The number of aryl methyl sites for hydroxylation is 1. The van der Waals surface area contributed by atoms with Gasteiger partial charge in [0, 0.05) is 24.1 Å². The third-order valence-corrected chi connectivity index (χ3v) is 4.69. The van der Waals surface area contributed by atoms with E-state index in [-0.39, 0.29) is 16.3 Å². The second-order valence-electron chi connectivity index (χ2n) is 5.67. The first-order chi connectivity index (χ1) is 12.7. The Bertz CT molecular complexity index is 1190. The highest BCUT2D eigenvalue weighted by atomic mass is 32.2. The van der Waals surface area contributed by atoms with Crippen LogP contribution in [0.15, 0.2) is 45.1 Å². The molecule has 0 spiro atoms. The lowest BCUT2D eigenvalue weighted by Gasteiger charge is -2.11. The third-order valence-electron chi connectivity index (χ3n) is 3.65. The van der Waals surface area contributed by atoms with Crippen molar-refractivity contribution >= 4 is 17.4 Å². The molecule has 6 nitrogen and oxygen atoms in total. The highest BCUT2D eigenvalue weighted by Gasteiger charge is 2.35. The van der Waals surface area contributed by atoms with E-state index in [1.807, 2.05) is 6.92 Å². The Morgan fingerprint density at radius 2 is 2.04 bits per heavy atom. The Kier molecular flexibility index (Phi) is 4.80. The van der Waals surface area contributed by atoms with Crippen LogP contribution in [0.1, 0.15) is 22.4 Å². The van der Waals surface area contributed by atoms with Crippen LogP contribution in [0.4, 0.5) is 13.2 Å². The zero-order valence-electron chi connectivity index (χ0n) is 13.8. The number of alkyl halides is 3. The standard InChI is InChI=1S/C17H11F3N4O2S/c1-9-2-3-13-22-10(4-15(26)24(13)7-9)8-27-16-11(6-21)12(17(18,19)20)5-14(25)23-16/h2-5,7H,8H2,1H3,(H,23,25). The molecule has 0 saturated heterocycles. The van der Waals surface area contributed by atoms with Gasteiger partial charge in [0.2, 0.25) is 5.56 Å². The summed E-state index contributed by atoms with van der Waals surface area (Å²) < 4.78 is 40.5. The van der Waals surface area contributed by atoms with Gasteiger partial charge in [-0.15, -0.1) is 11.8 Å². The number of thioether (sulfide) groups is 1. The molecular weight excluding hydrogens is 381 g/mol. The van der Waals surface area contributed by atoms with Crippen molar-refractivity contribution in [3.05, 3.63) is 73.6 Å². The summed E-state index contributed by atoms with van der Waals surface area (Å²) in [7, 11) is 0. The quantitative estimate of drug-likeness (QED) is 0.692. The zero-order valence-corrected chi connectivity index (χ0v) is 14.6. The van der Waals surface area contributed by atoms with Gasteiger partial charge in [-0.1, -0.05) is 6.07 Å². The van der Waals surface area contributed by atoms with Crippen LogP contribution in [0.3, 0.4) is 0 Å². The number of aromatic amines is 1. The number of hydrogen-bond donors (Lipinski definition) is 1. The Hall–Kier alpha value is -3.06. The third kappa shape index (κ3) is 3.88. The maximum Gasteiger partial charge on any atom is 0.417 e. The summed E-state index contributed by atoms with van der Waals surface area (Å²) in [6, 6.07) is 6.52. The summed E-state index contributed by atoms with van der Waals surface area (Å²) in [4.78, 5) is 30.3. The number of aromatic nitrogens is 3. The van der Waals surface area contributed by atoms with E-state index in [0.29, 0.717) is 17.4 Å². The fourth-order valence-electron chi connectivity index (χ4n) is 2.46. The number of rotatable bonds is 3. The van der Waals surface area contributed by atoms with E-state index in [9.17, 15) is 22.8 Å². The molecule has 3 aromatic rings. The van der Waals surface area contributed by atoms with E-state index in [0.717, 1.165) is 17.3 Å². The first kappa shape index (κ1) is 18.7. The molecule has 0 radical (unpaired) electrons. The van der Waals surface area contributed by atoms with Crippen LogP contribution in [0.2, 0.25) is 0 Å². The number of hydrogen-bond acceptors (Lipinski definition) is 5. The average Bonchev–Trinajstić information content (AvgIpc) is 2.59. The minimum absolute atomic E-state index is 0.00550. The molecule has 0 unspecified atom stereocenters. The van der Waals surface area contributed by atoms with Gasteiger partial charge in [0.15, 0.2) is 0 Å². The molecule has 0 amide bonds. The number of nitrogens with one attached hydrogen (secondary N) is 1. The smallest absolute Gasteiger partial charge is 0.316 e. The van der Waals surface area contributed by atoms with Crippen LogP contribution in [0.5, 0.6) is 0 Å². The van der Waals surface area contributed by atoms with E-state index >= 15 is 0 Å². The fourth-order valence-corrected chi connectivity index (χ4v) is 3.37. The van der Waals surface area contributed by atoms with E-state index in [2.05, 4.69) is 9.97 Å². The number of H-pyrrole nitrogens is 1. The van der Waals surface area contributed by atoms with Crippen molar-refractivity contribution in [3.63, 3.8) is 0 Å². The lowest BCUT2D eigenvalue weighted by Crippen LogP contribution is -2.17. The van der Waals surface area contributed by atoms with Crippen molar-refractivity contribution < 1.29 is 13.2 Å². The number of nitrogens with zero attached hydrogens (tertiary/aromatic N) is 3. The zero-order chi connectivity index (χ0) is 19.8. The molecule has 3 rings (SSSR count). The molecule has 3 aromatic heterocycles. The number of pyridine rings is 2. The molecule has 0 aliphatic carbocycles. The van der Waals surface area contributed by atoms with Crippen LogP contribution in [0.25, 0.3) is 5.65 Å². The first-order valence-corrected chi connectivity index (χ1v) is 8.54. The Balaban J connectivity index is 1.98. The van der Waals surface area contributed by atoms with Crippen LogP contribution >= 0.6 is 11.8 Å². The van der Waals surface area contributed by atoms with Gasteiger partial charge in [-0.05, 0) is 18.6 Å². The summed E-state index contributed by atoms with van der Waals surface area (Å²) in [5, 5.41) is 8.89. The molecule has 3 heterocycles. The summed E-state index contributed by atoms with van der Waals surface area (Å²) >= 11 is 0.801. The second-order valence-corrected chi connectivity index (χ2v) is 6.66. The van der Waals surface area contributed by atoms with Crippen LogP contribution in [-0.2, 0) is 11.9 Å². The van der Waals surface area contributed by atoms with E-state index in [1.54, 1.807) is 18.3 Å². The molecular formula is C17H11F3N4O2S. The lowest BCUT2D eigenvalue weighted by molar-refractivity contribution is -0.138. The largest absolute Gasteiger partial charge is 0.417 e. The van der Waals surface area contributed by atoms with E-state index in [4.69, 9.17) is 5.26 Å². The summed E-state index contributed by atoms with van der Waals surface area (Å²) in [5.74, 6) is 0.00550. The molecule has 10 heteroatoms. The van der Waals surface area contributed by atoms with Crippen LogP contribution in [-0.4, -0.2) is 14.4 Å². The predicted octanol–water partition coefficient (Wildman–Crippen LogP) is 2.87. The van der Waals surface area contributed by atoms with Gasteiger partial charge in [-0.2, -0.15) is 18.4 Å². The predicted molar refractivity (Wildman–Crippen MR) is 92.5 cm³/mol. The van der Waals surface area contributed by atoms with Crippen LogP contribution in [0, 0.1) is 18.3 Å². The monoisotopic (exact) mass is 392 g/mol. The van der Waals surface area contributed by atoms with E-state index < -0.39 is 22.9 Å². The van der Waals surface area contributed by atoms with Gasteiger partial charge in [0.1, 0.15) is 11.7 Å². The topological polar surface area (TPSA) is 91.0 Å². The van der Waals surface area contributed by atoms with Gasteiger partial charge < -0.3 is 4.98 Å². The van der Waals surface area contributed by atoms with Crippen molar-refractivity contribution in [2.45, 2.75) is 23.9 Å². The van der Waals surface area contributed by atoms with Crippen molar-refractivity contribution in [2.75, 3.05) is 0 Å². The Labute approximate surface area is 154 Å². The minimum atomic E-state index is -4.83. The maximum atomic E-state index is 13.0. The average molecular weight is 392 g/mol. The van der Waals surface area contributed by atoms with Crippen molar-refractivity contribution in [2.24, 2.45) is 0 Å². The normalized spacial score (nSPS) is 11.5. The molecule has 0 aromatic carbocycles. The number of fused-ring (bicyclic) bond motifs is 1. The van der Waals surface area contributed by atoms with Gasteiger partial charge in [-0.3, -0.25) is 14.0 Å². The highest BCUT2D eigenvalue weighted by Crippen LogP contribution is 2.34. The fraction of sp³-hybridized carbons (Fsp3) is 0.176. The number of nitriles is 1. The molecule has 138 valence electrons. The molecule has 0 fully saturated rings. The summed E-state index contributed by atoms with van der Waals surface area (Å²) in [5.41, 5.74) is -1.69. The molecule has 0 atom stereocenters. The first-order valence-electron chi connectivity index (χ1n) is 7.55. The molecule has 0 bridgehead atoms. The van der Waals surface area contributed by atoms with Crippen LogP contribution < -0.4 is 11.1 Å². The molecule has 27 heavy (non-hydrogen) atoms. The Morgan fingerprint density at radius 1 is 1.30 bits per heavy atom. The maximum absolute atomic E-state index is 13.0.